The summed E-state index contributed by atoms with van der Waals surface area (Å²) in [5, 5.41) is 8.93. The smallest absolute Gasteiger partial charge is 0.323 e. The van der Waals surface area contributed by atoms with Gasteiger partial charge in [0, 0.05) is 24.4 Å². The average Bonchev–Trinajstić information content (AvgIpc) is 2.75. The molecule has 1 aliphatic heterocycles. The van der Waals surface area contributed by atoms with Gasteiger partial charge in [0.1, 0.15) is 6.54 Å². The van der Waals surface area contributed by atoms with Gasteiger partial charge in [-0.25, -0.2) is 4.79 Å². The van der Waals surface area contributed by atoms with Gasteiger partial charge in [-0.05, 0) is 32.9 Å². The zero-order chi connectivity index (χ0) is 13.9. The molecule has 1 N–H and O–H groups in total. The summed E-state index contributed by atoms with van der Waals surface area (Å²) in [6.07, 6.45) is 0.984. The molecule has 2 amide bonds. The van der Waals surface area contributed by atoms with E-state index in [1.807, 2.05) is 32.5 Å². The van der Waals surface area contributed by atoms with Gasteiger partial charge in [-0.1, -0.05) is 0 Å². The maximum Gasteiger partial charge on any atom is 0.323 e. The summed E-state index contributed by atoms with van der Waals surface area (Å²) in [4.78, 5) is 26.4. The summed E-state index contributed by atoms with van der Waals surface area (Å²) >= 11 is 1.83. The molecule has 1 fully saturated rings. The maximum atomic E-state index is 12.4. The number of amides is 2. The van der Waals surface area contributed by atoms with Gasteiger partial charge in [0.2, 0.25) is 0 Å². The first kappa shape index (κ1) is 15.1. The van der Waals surface area contributed by atoms with E-state index in [0.29, 0.717) is 0 Å². The maximum absolute atomic E-state index is 12.4. The third-order valence-electron chi connectivity index (χ3n) is 3.09. The Morgan fingerprint density at radius 1 is 1.39 bits per heavy atom. The van der Waals surface area contributed by atoms with Gasteiger partial charge >= 0.3 is 12.0 Å². The second kappa shape index (κ2) is 5.82. The molecule has 1 saturated heterocycles. The quantitative estimate of drug-likeness (QED) is 0.851. The van der Waals surface area contributed by atoms with E-state index in [1.54, 1.807) is 11.9 Å². The van der Waals surface area contributed by atoms with E-state index in [9.17, 15) is 9.59 Å². The Balaban J connectivity index is 2.77. The van der Waals surface area contributed by atoms with Crippen molar-refractivity contribution in [2.75, 3.05) is 25.1 Å². The summed E-state index contributed by atoms with van der Waals surface area (Å²) in [5.41, 5.74) is -0.491. The Bertz CT molecular complexity index is 322. The van der Waals surface area contributed by atoms with Gasteiger partial charge in [-0.2, -0.15) is 11.8 Å². The van der Waals surface area contributed by atoms with E-state index in [2.05, 4.69) is 0 Å². The van der Waals surface area contributed by atoms with Gasteiger partial charge in [-0.15, -0.1) is 0 Å². The SMILES string of the molecule is CN(C(=O)N(CC(=O)O)C(C)(C)C)C1CCSC1. The Labute approximate surface area is 113 Å². The number of carboxylic acids is 1. The minimum absolute atomic E-state index is 0.197. The number of thioether (sulfide) groups is 1. The standard InChI is InChI=1S/C12H22N2O3S/c1-12(2,3)14(7-10(15)16)11(17)13(4)9-5-6-18-8-9/h9H,5-8H2,1-4H3,(H,15,16). The first-order chi connectivity index (χ1) is 8.23. The molecule has 1 unspecified atom stereocenters. The number of rotatable bonds is 3. The molecule has 1 aliphatic rings. The molecule has 1 heterocycles. The topological polar surface area (TPSA) is 60.9 Å². The predicted octanol–water partition coefficient (Wildman–Crippen LogP) is 1.73. The summed E-state index contributed by atoms with van der Waals surface area (Å²) in [5.74, 6) is 1.02. The molecule has 0 spiro atoms. The molecule has 0 bridgehead atoms. The predicted molar refractivity (Wildman–Crippen MR) is 73.0 cm³/mol. The minimum atomic E-state index is -0.979. The molecule has 0 saturated carbocycles. The van der Waals surface area contributed by atoms with Crippen molar-refractivity contribution in [2.45, 2.75) is 38.8 Å². The van der Waals surface area contributed by atoms with Gasteiger partial charge in [0.05, 0.1) is 0 Å². The molecule has 104 valence electrons. The van der Waals surface area contributed by atoms with Crippen molar-refractivity contribution in [3.63, 3.8) is 0 Å². The Morgan fingerprint density at radius 2 is 2.00 bits per heavy atom. The Kier molecular flexibility index (Phi) is 4.90. The first-order valence-electron chi connectivity index (χ1n) is 6.07. The monoisotopic (exact) mass is 274 g/mol. The van der Waals surface area contributed by atoms with E-state index >= 15 is 0 Å². The lowest BCUT2D eigenvalue weighted by molar-refractivity contribution is -0.138. The highest BCUT2D eigenvalue weighted by atomic mass is 32.2. The van der Waals surface area contributed by atoms with Crippen molar-refractivity contribution in [3.8, 4) is 0 Å². The fraction of sp³-hybridized carbons (Fsp3) is 0.833. The van der Waals surface area contributed by atoms with Crippen LogP contribution < -0.4 is 0 Å². The van der Waals surface area contributed by atoms with Crippen molar-refractivity contribution in [3.05, 3.63) is 0 Å². The third kappa shape index (κ3) is 3.80. The summed E-state index contributed by atoms with van der Waals surface area (Å²) in [6, 6.07) is 0.0264. The number of hydrogen-bond donors (Lipinski definition) is 1. The first-order valence-corrected chi connectivity index (χ1v) is 7.23. The molecule has 5 nitrogen and oxygen atoms in total. The van der Waals surface area contributed by atoms with Gasteiger partial charge in [0.25, 0.3) is 0 Å². The van der Waals surface area contributed by atoms with E-state index < -0.39 is 11.5 Å². The normalized spacial score (nSPS) is 19.7. The van der Waals surface area contributed by atoms with Crippen LogP contribution in [0.5, 0.6) is 0 Å². The molecular weight excluding hydrogens is 252 g/mol. The zero-order valence-electron chi connectivity index (χ0n) is 11.5. The second-order valence-corrected chi connectivity index (χ2v) is 6.71. The molecular formula is C12H22N2O3S. The molecule has 18 heavy (non-hydrogen) atoms. The number of aliphatic carboxylic acids is 1. The number of hydrogen-bond acceptors (Lipinski definition) is 3. The highest BCUT2D eigenvalue weighted by Gasteiger charge is 2.33. The van der Waals surface area contributed by atoms with Gasteiger partial charge in [0.15, 0.2) is 0 Å². The van der Waals surface area contributed by atoms with Crippen LogP contribution in [-0.4, -0.2) is 63.6 Å². The molecule has 1 rings (SSSR count). The molecule has 0 aromatic carbocycles. The second-order valence-electron chi connectivity index (χ2n) is 5.56. The third-order valence-corrected chi connectivity index (χ3v) is 4.23. The lowest BCUT2D eigenvalue weighted by Gasteiger charge is -2.38. The molecule has 1 atom stereocenters. The number of carbonyl (C=O) groups is 2. The Hall–Kier alpha value is -0.910. The molecule has 0 aliphatic carbocycles. The van der Waals surface area contributed by atoms with Crippen LogP contribution in [0, 0.1) is 0 Å². The molecule has 0 radical (unpaired) electrons. The Morgan fingerprint density at radius 3 is 2.39 bits per heavy atom. The largest absolute Gasteiger partial charge is 0.480 e. The summed E-state index contributed by atoms with van der Waals surface area (Å²) in [7, 11) is 1.76. The fourth-order valence-corrected chi connectivity index (χ4v) is 3.17. The van der Waals surface area contributed by atoms with Crippen LogP contribution in [-0.2, 0) is 4.79 Å². The van der Waals surface area contributed by atoms with Crippen LogP contribution in [0.15, 0.2) is 0 Å². The lowest BCUT2D eigenvalue weighted by Crippen LogP contribution is -2.54. The van der Waals surface area contributed by atoms with E-state index in [4.69, 9.17) is 5.11 Å². The van der Waals surface area contributed by atoms with E-state index in [-0.39, 0.29) is 18.6 Å². The van der Waals surface area contributed by atoms with Gasteiger partial charge in [-0.3, -0.25) is 4.79 Å². The average molecular weight is 274 g/mol. The number of carboxylic acid groups (broad SMARTS) is 1. The van der Waals surface area contributed by atoms with E-state index in [1.165, 1.54) is 4.90 Å². The molecule has 0 aromatic rings. The summed E-state index contributed by atoms with van der Waals surface area (Å²) < 4.78 is 0. The van der Waals surface area contributed by atoms with Crippen LogP contribution in [0.25, 0.3) is 0 Å². The highest BCUT2D eigenvalue weighted by Crippen LogP contribution is 2.24. The van der Waals surface area contributed by atoms with Crippen molar-refractivity contribution in [2.24, 2.45) is 0 Å². The molecule has 6 heteroatoms. The minimum Gasteiger partial charge on any atom is -0.480 e. The van der Waals surface area contributed by atoms with Crippen molar-refractivity contribution < 1.29 is 14.7 Å². The van der Waals surface area contributed by atoms with Crippen LogP contribution in [0.1, 0.15) is 27.2 Å². The zero-order valence-corrected chi connectivity index (χ0v) is 12.3. The van der Waals surface area contributed by atoms with Crippen molar-refractivity contribution in [1.82, 2.24) is 9.80 Å². The van der Waals surface area contributed by atoms with Crippen LogP contribution in [0.2, 0.25) is 0 Å². The number of carbonyl (C=O) groups excluding carboxylic acids is 1. The van der Waals surface area contributed by atoms with Crippen molar-refractivity contribution in [1.29, 1.82) is 0 Å². The highest BCUT2D eigenvalue weighted by molar-refractivity contribution is 7.99. The molecule has 0 aromatic heterocycles. The number of urea groups is 1. The van der Waals surface area contributed by atoms with Crippen LogP contribution >= 0.6 is 11.8 Å². The van der Waals surface area contributed by atoms with Gasteiger partial charge < -0.3 is 14.9 Å². The lowest BCUT2D eigenvalue weighted by atomic mass is 10.1. The van der Waals surface area contributed by atoms with E-state index in [0.717, 1.165) is 17.9 Å². The number of nitrogens with zero attached hydrogens (tertiary/aromatic N) is 2. The van der Waals surface area contributed by atoms with Crippen LogP contribution in [0.3, 0.4) is 0 Å². The fourth-order valence-electron chi connectivity index (χ4n) is 1.90. The van der Waals surface area contributed by atoms with Crippen molar-refractivity contribution >= 4 is 23.8 Å². The summed E-state index contributed by atoms with van der Waals surface area (Å²) in [6.45, 7) is 5.30. The van der Waals surface area contributed by atoms with Crippen LogP contribution in [0.4, 0.5) is 4.79 Å².